The zero-order valence-electron chi connectivity index (χ0n) is 7.48. The van der Waals surface area contributed by atoms with Gasteiger partial charge in [-0.3, -0.25) is 4.79 Å². The minimum absolute atomic E-state index is 0.492. The van der Waals surface area contributed by atoms with Crippen molar-refractivity contribution in [3.05, 3.63) is 0 Å². The van der Waals surface area contributed by atoms with Crippen molar-refractivity contribution in [2.75, 3.05) is 13.1 Å². The van der Waals surface area contributed by atoms with Gasteiger partial charge in [-0.05, 0) is 0 Å². The molecule has 0 heterocycles. The maximum atomic E-state index is 9.00. The predicted octanol–water partition coefficient (Wildman–Crippen LogP) is 0.686. The summed E-state index contributed by atoms with van der Waals surface area (Å²) in [5, 5.41) is 13.1. The summed E-state index contributed by atoms with van der Waals surface area (Å²) in [5.41, 5.74) is 0. The zero-order chi connectivity index (χ0) is 11.6. The molecule has 3 N–H and O–H groups in total. The zero-order valence-corrected chi connectivity index (χ0v) is 10.9. The monoisotopic (exact) mass is 272 g/mol. The van der Waals surface area contributed by atoms with Crippen LogP contribution in [0.15, 0.2) is 0 Å². The minimum Gasteiger partial charge on any atom is -0.481 e. The van der Waals surface area contributed by atoms with E-state index >= 15 is 0 Å². The lowest BCUT2D eigenvalue weighted by Gasteiger charge is -2.03. The van der Waals surface area contributed by atoms with Crippen LogP contribution >= 0.6 is 49.7 Å². The van der Waals surface area contributed by atoms with Gasteiger partial charge in [-0.15, -0.1) is 25.3 Å². The van der Waals surface area contributed by atoms with Gasteiger partial charge in [-0.25, -0.2) is 0 Å². The van der Waals surface area contributed by atoms with E-state index in [-0.39, 0.29) is 0 Å². The van der Waals surface area contributed by atoms with Crippen LogP contribution in [0.2, 0.25) is 0 Å². The Bertz CT molecular complexity index is 190. The van der Waals surface area contributed by atoms with Gasteiger partial charge in [0.15, 0.2) is 0 Å². The number of hydrogen-bond donors (Lipinski definition) is 5. The summed E-state index contributed by atoms with van der Waals surface area (Å²) in [7, 11) is 0. The van der Waals surface area contributed by atoms with Crippen LogP contribution in [0.3, 0.4) is 0 Å². The normalized spacial score (nSPS) is 7.93. The van der Waals surface area contributed by atoms with Gasteiger partial charge in [0.1, 0.15) is 8.64 Å². The van der Waals surface area contributed by atoms with E-state index in [2.05, 4.69) is 60.3 Å². The van der Waals surface area contributed by atoms with E-state index in [4.69, 9.17) is 9.90 Å². The van der Waals surface area contributed by atoms with E-state index < -0.39 is 5.97 Å². The Morgan fingerprint density at radius 1 is 1.21 bits per heavy atom. The van der Waals surface area contributed by atoms with Crippen LogP contribution in [0.5, 0.6) is 0 Å². The van der Waals surface area contributed by atoms with Gasteiger partial charge in [-0.1, -0.05) is 24.4 Å². The molecular weight excluding hydrogens is 260 g/mol. The van der Waals surface area contributed by atoms with Crippen molar-refractivity contribution < 1.29 is 9.90 Å². The van der Waals surface area contributed by atoms with E-state index in [0.29, 0.717) is 21.7 Å². The van der Waals surface area contributed by atoms with Crippen LogP contribution < -0.4 is 10.6 Å². The fourth-order valence-corrected chi connectivity index (χ4v) is 0.767. The van der Waals surface area contributed by atoms with Gasteiger partial charge in [0.2, 0.25) is 0 Å². The fraction of sp³-hybridized carbons (Fsp3) is 0.500. The highest BCUT2D eigenvalue weighted by Crippen LogP contribution is 1.77. The number of nitrogens with one attached hydrogen (secondary N) is 2. The molecule has 0 atom stereocenters. The molecule has 8 heteroatoms. The predicted molar refractivity (Wildman–Crippen MR) is 72.5 cm³/mol. The average Bonchev–Trinajstić information content (AvgIpc) is 1.96. The number of rotatable bonds is 3. The molecule has 4 nitrogen and oxygen atoms in total. The fourth-order valence-electron chi connectivity index (χ4n) is 0.339. The second kappa shape index (κ2) is 11.0. The number of aliphatic carboxylic acids is 1. The molecule has 0 aromatic carbocycles. The largest absolute Gasteiger partial charge is 0.481 e. The van der Waals surface area contributed by atoms with Crippen LogP contribution in [0.1, 0.15) is 6.92 Å². The Kier molecular flexibility index (Phi) is 12.9. The third-order valence-electron chi connectivity index (χ3n) is 0.677. The smallest absolute Gasteiger partial charge is 0.300 e. The molecular formula is C6H12N2O2S4. The van der Waals surface area contributed by atoms with Gasteiger partial charge in [0, 0.05) is 20.0 Å². The Labute approximate surface area is 105 Å². The summed E-state index contributed by atoms with van der Waals surface area (Å²) < 4.78 is 0.985. The molecule has 82 valence electrons. The summed E-state index contributed by atoms with van der Waals surface area (Å²) in [6, 6.07) is 0. The van der Waals surface area contributed by atoms with Crippen LogP contribution in [0.4, 0.5) is 0 Å². The topological polar surface area (TPSA) is 61.4 Å². The van der Waals surface area contributed by atoms with Crippen LogP contribution in [-0.4, -0.2) is 32.8 Å². The van der Waals surface area contributed by atoms with Crippen LogP contribution in [-0.2, 0) is 4.79 Å². The summed E-state index contributed by atoms with van der Waals surface area (Å²) in [4.78, 5) is 9.00. The van der Waals surface area contributed by atoms with Crippen LogP contribution in [0, 0.1) is 0 Å². The second-order valence-corrected chi connectivity index (χ2v) is 4.30. The highest BCUT2D eigenvalue weighted by atomic mass is 32.1. The minimum atomic E-state index is -0.833. The Morgan fingerprint density at radius 2 is 1.43 bits per heavy atom. The first kappa shape index (κ1) is 16.4. The summed E-state index contributed by atoms with van der Waals surface area (Å²) in [5.74, 6) is -0.833. The Balaban J connectivity index is 0. The van der Waals surface area contributed by atoms with Gasteiger partial charge in [0.05, 0.1) is 0 Å². The molecule has 0 saturated heterocycles. The second-order valence-electron chi connectivity index (χ2n) is 1.98. The Hall–Kier alpha value is -0.0500. The Morgan fingerprint density at radius 3 is 1.57 bits per heavy atom. The van der Waals surface area contributed by atoms with E-state index in [9.17, 15) is 0 Å². The van der Waals surface area contributed by atoms with Crippen molar-refractivity contribution >= 4 is 64.3 Å². The third-order valence-corrected chi connectivity index (χ3v) is 1.28. The van der Waals surface area contributed by atoms with Crippen molar-refractivity contribution in [3.63, 3.8) is 0 Å². The number of thiol groups is 2. The molecule has 0 rings (SSSR count). The first-order chi connectivity index (χ1) is 6.36. The van der Waals surface area contributed by atoms with E-state index in [0.717, 1.165) is 6.92 Å². The number of carboxylic acid groups (broad SMARTS) is 1. The van der Waals surface area contributed by atoms with Gasteiger partial charge in [-0.2, -0.15) is 0 Å². The molecule has 0 aliphatic heterocycles. The lowest BCUT2D eigenvalue weighted by atomic mass is 10.6. The van der Waals surface area contributed by atoms with E-state index in [1.54, 1.807) is 0 Å². The standard InChI is InChI=1S/C4H8N2S4.C2H4O2/c7-3(8)5-1-2-6-4(9)10;1-2(3)4/h1-2H2,(H2,5,7,8)(H2,6,9,10);1H3,(H,3,4). The summed E-state index contributed by atoms with van der Waals surface area (Å²) in [6.45, 7) is 2.51. The molecule has 0 unspecified atom stereocenters. The van der Waals surface area contributed by atoms with E-state index in [1.807, 2.05) is 0 Å². The maximum absolute atomic E-state index is 9.00. The van der Waals surface area contributed by atoms with Crippen molar-refractivity contribution in [2.24, 2.45) is 0 Å². The average molecular weight is 272 g/mol. The highest BCUT2D eigenvalue weighted by Gasteiger charge is 1.87. The lowest BCUT2D eigenvalue weighted by molar-refractivity contribution is -0.134. The molecule has 14 heavy (non-hydrogen) atoms. The molecule has 0 aliphatic rings. The molecule has 0 saturated carbocycles. The number of carboxylic acids is 1. The van der Waals surface area contributed by atoms with Gasteiger partial charge < -0.3 is 15.7 Å². The molecule has 0 aromatic heterocycles. The van der Waals surface area contributed by atoms with E-state index in [1.165, 1.54) is 0 Å². The molecule has 0 radical (unpaired) electrons. The molecule has 0 amide bonds. The molecule has 0 fully saturated rings. The molecule has 0 aromatic rings. The van der Waals surface area contributed by atoms with Crippen molar-refractivity contribution in [1.82, 2.24) is 10.6 Å². The van der Waals surface area contributed by atoms with Crippen molar-refractivity contribution in [3.8, 4) is 0 Å². The quantitative estimate of drug-likeness (QED) is 0.296. The highest BCUT2D eigenvalue weighted by molar-refractivity contribution is 8.11. The van der Waals surface area contributed by atoms with Crippen molar-refractivity contribution in [2.45, 2.75) is 6.92 Å². The van der Waals surface area contributed by atoms with Gasteiger partial charge >= 0.3 is 0 Å². The maximum Gasteiger partial charge on any atom is 0.300 e. The van der Waals surface area contributed by atoms with Crippen LogP contribution in [0.25, 0.3) is 0 Å². The summed E-state index contributed by atoms with van der Waals surface area (Å²) in [6.07, 6.45) is 0. The molecule has 0 spiro atoms. The first-order valence-corrected chi connectivity index (χ1v) is 5.20. The van der Waals surface area contributed by atoms with Gasteiger partial charge in [0.25, 0.3) is 5.97 Å². The number of carbonyl (C=O) groups is 1. The number of thiocarbonyl (C=S) groups is 2. The first-order valence-electron chi connectivity index (χ1n) is 3.49. The molecule has 0 aliphatic carbocycles. The molecule has 0 bridgehead atoms. The van der Waals surface area contributed by atoms with Crippen molar-refractivity contribution in [1.29, 1.82) is 0 Å². The lowest BCUT2D eigenvalue weighted by Crippen LogP contribution is -2.29. The third kappa shape index (κ3) is 29.7. The number of hydrogen-bond acceptors (Lipinski definition) is 3. The summed E-state index contributed by atoms with van der Waals surface area (Å²) >= 11 is 17.0. The SMILES string of the molecule is CC(=O)O.S=C(S)NCCNC(=S)S.